The summed E-state index contributed by atoms with van der Waals surface area (Å²) in [5.41, 5.74) is 12.5. The van der Waals surface area contributed by atoms with Crippen LogP contribution in [0.15, 0.2) is 0 Å². The molecule has 3 saturated carbocycles. The Bertz CT molecular complexity index is 226. The van der Waals surface area contributed by atoms with E-state index in [0.29, 0.717) is 5.41 Å². The summed E-state index contributed by atoms with van der Waals surface area (Å²) < 4.78 is 0. The summed E-state index contributed by atoms with van der Waals surface area (Å²) in [4.78, 5) is 0. The third-order valence-electron chi connectivity index (χ3n) is 5.24. The second-order valence-electron chi connectivity index (χ2n) is 5.41. The van der Waals surface area contributed by atoms with Gasteiger partial charge in [0.25, 0.3) is 0 Å². The molecule has 0 aromatic carbocycles. The fourth-order valence-corrected chi connectivity index (χ4v) is 4.82. The third-order valence-corrected chi connectivity index (χ3v) is 5.24. The number of hydrogen-bond donors (Lipinski definition) is 2. The molecular weight excluding hydrogens is 160 g/mol. The van der Waals surface area contributed by atoms with E-state index in [1.54, 1.807) is 0 Å². The van der Waals surface area contributed by atoms with Crippen LogP contribution in [0.2, 0.25) is 0 Å². The van der Waals surface area contributed by atoms with E-state index in [-0.39, 0.29) is 6.17 Å². The van der Waals surface area contributed by atoms with E-state index in [1.807, 2.05) is 0 Å². The van der Waals surface area contributed by atoms with Crippen molar-refractivity contribution in [1.29, 1.82) is 0 Å². The SMILES string of the molecule is NC(N)C12CCCC1C1CCC2C1. The van der Waals surface area contributed by atoms with Gasteiger partial charge in [0.1, 0.15) is 0 Å². The minimum absolute atomic E-state index is 0.0460. The van der Waals surface area contributed by atoms with Gasteiger partial charge in [0.15, 0.2) is 0 Å². The van der Waals surface area contributed by atoms with Crippen LogP contribution in [0.3, 0.4) is 0 Å². The highest BCUT2D eigenvalue weighted by Gasteiger charge is 2.61. The Kier molecular flexibility index (Phi) is 1.58. The molecule has 4 atom stereocenters. The third kappa shape index (κ3) is 0.816. The Morgan fingerprint density at radius 3 is 2.69 bits per heavy atom. The highest BCUT2D eigenvalue weighted by molar-refractivity contribution is 5.11. The van der Waals surface area contributed by atoms with Gasteiger partial charge in [0.05, 0.1) is 6.17 Å². The van der Waals surface area contributed by atoms with Crippen molar-refractivity contribution in [3.63, 3.8) is 0 Å². The molecule has 4 unspecified atom stereocenters. The largest absolute Gasteiger partial charge is 0.316 e. The zero-order chi connectivity index (χ0) is 9.05. The lowest BCUT2D eigenvalue weighted by Crippen LogP contribution is -2.53. The van der Waals surface area contributed by atoms with Crippen LogP contribution in [-0.4, -0.2) is 6.17 Å². The first-order valence-electron chi connectivity index (χ1n) is 5.76. The van der Waals surface area contributed by atoms with E-state index in [1.165, 1.54) is 38.5 Å². The fourth-order valence-electron chi connectivity index (χ4n) is 4.82. The predicted octanol–water partition coefficient (Wildman–Crippen LogP) is 1.45. The van der Waals surface area contributed by atoms with Gasteiger partial charge in [0.2, 0.25) is 0 Å². The Morgan fingerprint density at radius 2 is 2.00 bits per heavy atom. The monoisotopic (exact) mass is 180 g/mol. The summed E-state index contributed by atoms with van der Waals surface area (Å²) >= 11 is 0. The van der Waals surface area contributed by atoms with Crippen LogP contribution in [0.1, 0.15) is 38.5 Å². The summed E-state index contributed by atoms with van der Waals surface area (Å²) in [6, 6.07) is 0. The van der Waals surface area contributed by atoms with Crippen molar-refractivity contribution in [1.82, 2.24) is 0 Å². The minimum atomic E-state index is -0.0460. The highest BCUT2D eigenvalue weighted by Crippen LogP contribution is 2.66. The average molecular weight is 180 g/mol. The van der Waals surface area contributed by atoms with Gasteiger partial charge in [-0.3, -0.25) is 0 Å². The van der Waals surface area contributed by atoms with Gasteiger partial charge in [-0.25, -0.2) is 0 Å². The smallest absolute Gasteiger partial charge is 0.0584 e. The Morgan fingerprint density at radius 1 is 1.15 bits per heavy atom. The quantitative estimate of drug-likeness (QED) is 0.600. The van der Waals surface area contributed by atoms with Gasteiger partial charge >= 0.3 is 0 Å². The molecule has 0 radical (unpaired) electrons. The van der Waals surface area contributed by atoms with Gasteiger partial charge < -0.3 is 11.5 Å². The first kappa shape index (κ1) is 8.25. The molecule has 3 aliphatic carbocycles. The van der Waals surface area contributed by atoms with Crippen molar-refractivity contribution >= 4 is 0 Å². The first-order chi connectivity index (χ1) is 6.25. The summed E-state index contributed by atoms with van der Waals surface area (Å²) in [5, 5.41) is 0. The van der Waals surface area contributed by atoms with Crippen molar-refractivity contribution in [3.05, 3.63) is 0 Å². The van der Waals surface area contributed by atoms with E-state index in [0.717, 1.165) is 17.8 Å². The Balaban J connectivity index is 1.99. The molecule has 13 heavy (non-hydrogen) atoms. The average Bonchev–Trinajstić information content (AvgIpc) is 2.76. The Hall–Kier alpha value is -0.0800. The molecule has 2 bridgehead atoms. The number of fused-ring (bicyclic) bond motifs is 5. The van der Waals surface area contributed by atoms with E-state index in [9.17, 15) is 0 Å². The molecule has 3 fully saturated rings. The van der Waals surface area contributed by atoms with Crippen molar-refractivity contribution in [3.8, 4) is 0 Å². The first-order valence-corrected chi connectivity index (χ1v) is 5.76. The standard InChI is InChI=1S/C11H20N2/c12-10(13)11-5-1-2-9(11)7-3-4-8(11)6-7/h7-10H,1-6,12-13H2. The van der Waals surface area contributed by atoms with Crippen LogP contribution < -0.4 is 11.5 Å². The maximum Gasteiger partial charge on any atom is 0.0584 e. The van der Waals surface area contributed by atoms with Crippen LogP contribution in [0.5, 0.6) is 0 Å². The maximum absolute atomic E-state index is 6.04. The minimum Gasteiger partial charge on any atom is -0.316 e. The number of hydrogen-bond acceptors (Lipinski definition) is 2. The molecule has 4 N–H and O–H groups in total. The van der Waals surface area contributed by atoms with E-state index < -0.39 is 0 Å². The molecule has 0 spiro atoms. The van der Waals surface area contributed by atoms with Crippen LogP contribution in [0, 0.1) is 23.2 Å². The van der Waals surface area contributed by atoms with E-state index >= 15 is 0 Å². The van der Waals surface area contributed by atoms with Gasteiger partial charge in [0, 0.05) is 5.41 Å². The van der Waals surface area contributed by atoms with Crippen molar-refractivity contribution in [2.24, 2.45) is 34.6 Å². The van der Waals surface area contributed by atoms with Gasteiger partial charge in [-0.05, 0) is 49.9 Å². The summed E-state index contributed by atoms with van der Waals surface area (Å²) in [7, 11) is 0. The molecule has 0 aromatic heterocycles. The van der Waals surface area contributed by atoms with Crippen LogP contribution in [0.4, 0.5) is 0 Å². The lowest BCUT2D eigenvalue weighted by Gasteiger charge is -2.42. The van der Waals surface area contributed by atoms with Gasteiger partial charge in [-0.15, -0.1) is 0 Å². The van der Waals surface area contributed by atoms with Crippen LogP contribution in [-0.2, 0) is 0 Å². The molecule has 2 nitrogen and oxygen atoms in total. The summed E-state index contributed by atoms with van der Waals surface area (Å²) in [6.07, 6.45) is 8.37. The second kappa shape index (κ2) is 2.48. The number of nitrogens with two attached hydrogens (primary N) is 2. The summed E-state index contributed by atoms with van der Waals surface area (Å²) in [6.45, 7) is 0. The molecule has 0 saturated heterocycles. The molecule has 0 amide bonds. The molecule has 74 valence electrons. The molecule has 0 aromatic rings. The maximum atomic E-state index is 6.04. The normalized spacial score (nSPS) is 53.3. The topological polar surface area (TPSA) is 52.0 Å². The molecule has 0 heterocycles. The molecule has 3 rings (SSSR count). The molecule has 0 aliphatic heterocycles. The van der Waals surface area contributed by atoms with Crippen molar-refractivity contribution in [2.75, 3.05) is 0 Å². The van der Waals surface area contributed by atoms with Gasteiger partial charge in [-0.1, -0.05) is 6.42 Å². The highest BCUT2D eigenvalue weighted by atomic mass is 14.9. The zero-order valence-corrected chi connectivity index (χ0v) is 8.21. The lowest BCUT2D eigenvalue weighted by molar-refractivity contribution is 0.0791. The van der Waals surface area contributed by atoms with Crippen molar-refractivity contribution < 1.29 is 0 Å². The van der Waals surface area contributed by atoms with Crippen molar-refractivity contribution in [2.45, 2.75) is 44.7 Å². The summed E-state index contributed by atoms with van der Waals surface area (Å²) in [5.74, 6) is 2.76. The van der Waals surface area contributed by atoms with E-state index in [4.69, 9.17) is 11.5 Å². The molecular formula is C11H20N2. The van der Waals surface area contributed by atoms with Crippen LogP contribution in [0.25, 0.3) is 0 Å². The van der Waals surface area contributed by atoms with Gasteiger partial charge in [-0.2, -0.15) is 0 Å². The zero-order valence-electron chi connectivity index (χ0n) is 8.21. The van der Waals surface area contributed by atoms with Crippen LogP contribution >= 0.6 is 0 Å². The van der Waals surface area contributed by atoms with E-state index in [2.05, 4.69) is 0 Å². The predicted molar refractivity (Wildman–Crippen MR) is 52.8 cm³/mol. The second-order valence-corrected chi connectivity index (χ2v) is 5.41. The fraction of sp³-hybridized carbons (Fsp3) is 1.00. The Labute approximate surface area is 80.1 Å². The molecule has 2 heteroatoms. The number of rotatable bonds is 1. The molecule has 3 aliphatic rings. The lowest BCUT2D eigenvalue weighted by atomic mass is 9.66.